The first-order valence-electron chi connectivity index (χ1n) is 8.19. The largest absolute Gasteiger partial charge is 0.480 e. The van der Waals surface area contributed by atoms with Crippen LogP contribution in [0.15, 0.2) is 0 Å². The van der Waals surface area contributed by atoms with Gasteiger partial charge in [-0.15, -0.1) is 0 Å². The maximum absolute atomic E-state index is 12.1. The lowest BCUT2D eigenvalue weighted by Gasteiger charge is -2.33. The van der Waals surface area contributed by atoms with Gasteiger partial charge in [0, 0.05) is 13.0 Å². The molecule has 1 amide bonds. The molecule has 0 aliphatic carbocycles. The van der Waals surface area contributed by atoms with Gasteiger partial charge in [0.2, 0.25) is 5.91 Å². The van der Waals surface area contributed by atoms with Crippen LogP contribution in [0.1, 0.15) is 77.6 Å². The van der Waals surface area contributed by atoms with Crippen LogP contribution in [0.4, 0.5) is 0 Å². The first kappa shape index (κ1) is 17.0. The standard InChI is InChI=1S/C16H29NO3/c1-2-3-4-5-6-7-8-12-15(18)17-13-10-9-11-14(17)16(19)20/h14H,2-13H2,1H3,(H,19,20)/t14-/m0/s1. The minimum absolute atomic E-state index is 0.0330. The summed E-state index contributed by atoms with van der Waals surface area (Å²) in [4.78, 5) is 24.8. The van der Waals surface area contributed by atoms with E-state index in [0.29, 0.717) is 19.4 Å². The molecule has 0 bridgehead atoms. The monoisotopic (exact) mass is 283 g/mol. The Hall–Kier alpha value is -1.06. The van der Waals surface area contributed by atoms with E-state index in [4.69, 9.17) is 5.11 Å². The van der Waals surface area contributed by atoms with Gasteiger partial charge in [-0.3, -0.25) is 4.79 Å². The number of nitrogens with zero attached hydrogens (tertiary/aromatic N) is 1. The Balaban J connectivity index is 2.19. The molecule has 1 rings (SSSR count). The van der Waals surface area contributed by atoms with Gasteiger partial charge in [0.1, 0.15) is 6.04 Å². The van der Waals surface area contributed by atoms with Gasteiger partial charge in [0.05, 0.1) is 0 Å². The van der Waals surface area contributed by atoms with Crippen LogP contribution >= 0.6 is 0 Å². The van der Waals surface area contributed by atoms with Crippen LogP contribution in [-0.2, 0) is 9.59 Å². The van der Waals surface area contributed by atoms with Gasteiger partial charge in [0.25, 0.3) is 0 Å². The van der Waals surface area contributed by atoms with E-state index in [1.165, 1.54) is 32.1 Å². The fourth-order valence-corrected chi connectivity index (χ4v) is 2.86. The van der Waals surface area contributed by atoms with E-state index < -0.39 is 12.0 Å². The zero-order valence-electron chi connectivity index (χ0n) is 12.8. The summed E-state index contributed by atoms with van der Waals surface area (Å²) in [5, 5.41) is 9.16. The van der Waals surface area contributed by atoms with Crippen molar-refractivity contribution in [2.24, 2.45) is 0 Å². The van der Waals surface area contributed by atoms with E-state index in [-0.39, 0.29) is 5.91 Å². The molecule has 1 atom stereocenters. The second-order valence-electron chi connectivity index (χ2n) is 5.81. The Morgan fingerprint density at radius 2 is 1.70 bits per heavy atom. The molecule has 1 heterocycles. The zero-order valence-corrected chi connectivity index (χ0v) is 12.8. The van der Waals surface area contributed by atoms with Gasteiger partial charge in [-0.1, -0.05) is 45.4 Å². The number of likely N-dealkylation sites (tertiary alicyclic amines) is 1. The van der Waals surface area contributed by atoms with Crippen LogP contribution in [0.2, 0.25) is 0 Å². The quantitative estimate of drug-likeness (QED) is 0.658. The summed E-state index contributed by atoms with van der Waals surface area (Å²) in [5.74, 6) is -0.816. The van der Waals surface area contributed by atoms with E-state index in [0.717, 1.165) is 25.7 Å². The number of amides is 1. The Morgan fingerprint density at radius 3 is 2.35 bits per heavy atom. The summed E-state index contributed by atoms with van der Waals surface area (Å²) >= 11 is 0. The predicted molar refractivity (Wildman–Crippen MR) is 79.6 cm³/mol. The second kappa shape index (κ2) is 9.78. The molecule has 20 heavy (non-hydrogen) atoms. The SMILES string of the molecule is CCCCCCCCCC(=O)N1CCCC[C@H]1C(=O)O. The summed E-state index contributed by atoms with van der Waals surface area (Å²) < 4.78 is 0. The van der Waals surface area contributed by atoms with Crippen LogP contribution in [0.5, 0.6) is 0 Å². The Bertz CT molecular complexity index is 304. The number of carboxylic acid groups (broad SMARTS) is 1. The van der Waals surface area contributed by atoms with E-state index in [1.807, 2.05) is 0 Å². The van der Waals surface area contributed by atoms with Crippen LogP contribution < -0.4 is 0 Å². The summed E-state index contributed by atoms with van der Waals surface area (Å²) in [7, 11) is 0. The number of hydrogen-bond donors (Lipinski definition) is 1. The highest BCUT2D eigenvalue weighted by molar-refractivity contribution is 5.83. The van der Waals surface area contributed by atoms with Gasteiger partial charge in [-0.25, -0.2) is 4.79 Å². The third-order valence-corrected chi connectivity index (χ3v) is 4.10. The highest BCUT2D eigenvalue weighted by Crippen LogP contribution is 2.19. The van der Waals surface area contributed by atoms with E-state index in [9.17, 15) is 9.59 Å². The topological polar surface area (TPSA) is 57.6 Å². The maximum Gasteiger partial charge on any atom is 0.326 e. The van der Waals surface area contributed by atoms with Gasteiger partial charge in [-0.05, 0) is 25.7 Å². The fourth-order valence-electron chi connectivity index (χ4n) is 2.86. The number of unbranched alkanes of at least 4 members (excludes halogenated alkanes) is 6. The second-order valence-corrected chi connectivity index (χ2v) is 5.81. The third-order valence-electron chi connectivity index (χ3n) is 4.10. The lowest BCUT2D eigenvalue weighted by molar-refractivity contribution is -0.152. The Morgan fingerprint density at radius 1 is 1.05 bits per heavy atom. The molecular formula is C16H29NO3. The van der Waals surface area contributed by atoms with E-state index >= 15 is 0 Å². The molecule has 0 unspecified atom stereocenters. The van der Waals surface area contributed by atoms with Crippen molar-refractivity contribution in [1.29, 1.82) is 0 Å². The van der Waals surface area contributed by atoms with Crippen molar-refractivity contribution in [3.63, 3.8) is 0 Å². The van der Waals surface area contributed by atoms with Crippen molar-refractivity contribution in [2.75, 3.05) is 6.54 Å². The van der Waals surface area contributed by atoms with Gasteiger partial charge in [0.15, 0.2) is 0 Å². The molecule has 4 nitrogen and oxygen atoms in total. The molecule has 1 N–H and O–H groups in total. The molecule has 0 saturated carbocycles. The van der Waals surface area contributed by atoms with Crippen LogP contribution in [0.25, 0.3) is 0 Å². The molecule has 1 aliphatic heterocycles. The van der Waals surface area contributed by atoms with Crippen molar-refractivity contribution in [1.82, 2.24) is 4.90 Å². The summed E-state index contributed by atoms with van der Waals surface area (Å²) in [6.07, 6.45) is 11.2. The average molecular weight is 283 g/mol. The minimum atomic E-state index is -0.849. The van der Waals surface area contributed by atoms with Crippen LogP contribution in [0, 0.1) is 0 Å². The van der Waals surface area contributed by atoms with Crippen molar-refractivity contribution in [3.05, 3.63) is 0 Å². The molecule has 0 aromatic heterocycles. The molecule has 0 radical (unpaired) electrons. The van der Waals surface area contributed by atoms with E-state index in [1.54, 1.807) is 4.90 Å². The molecule has 1 saturated heterocycles. The molecule has 116 valence electrons. The summed E-state index contributed by atoms with van der Waals surface area (Å²) in [5.41, 5.74) is 0. The Labute approximate surface area is 122 Å². The van der Waals surface area contributed by atoms with Crippen molar-refractivity contribution in [2.45, 2.75) is 83.6 Å². The summed E-state index contributed by atoms with van der Waals surface area (Å²) in [6.45, 7) is 2.82. The minimum Gasteiger partial charge on any atom is -0.480 e. The van der Waals surface area contributed by atoms with Crippen LogP contribution in [0.3, 0.4) is 0 Å². The van der Waals surface area contributed by atoms with Gasteiger partial charge < -0.3 is 10.0 Å². The molecule has 1 fully saturated rings. The van der Waals surface area contributed by atoms with Crippen molar-refractivity contribution < 1.29 is 14.7 Å². The van der Waals surface area contributed by atoms with Crippen LogP contribution in [-0.4, -0.2) is 34.5 Å². The number of carbonyl (C=O) groups excluding carboxylic acids is 1. The molecule has 0 aromatic rings. The number of piperidine rings is 1. The molecular weight excluding hydrogens is 254 g/mol. The average Bonchev–Trinajstić information content (AvgIpc) is 2.46. The highest BCUT2D eigenvalue weighted by atomic mass is 16.4. The van der Waals surface area contributed by atoms with E-state index in [2.05, 4.69) is 6.92 Å². The molecule has 4 heteroatoms. The van der Waals surface area contributed by atoms with Crippen molar-refractivity contribution in [3.8, 4) is 0 Å². The van der Waals surface area contributed by atoms with Crippen molar-refractivity contribution >= 4 is 11.9 Å². The number of aliphatic carboxylic acids is 1. The highest BCUT2D eigenvalue weighted by Gasteiger charge is 2.31. The maximum atomic E-state index is 12.1. The Kier molecular flexibility index (Phi) is 8.31. The number of carbonyl (C=O) groups is 2. The number of carboxylic acids is 1. The fraction of sp³-hybridized carbons (Fsp3) is 0.875. The normalized spacial score (nSPS) is 19.1. The van der Waals surface area contributed by atoms with Gasteiger partial charge >= 0.3 is 5.97 Å². The summed E-state index contributed by atoms with van der Waals surface area (Å²) in [6, 6.07) is -0.583. The lowest BCUT2D eigenvalue weighted by atomic mass is 10.0. The molecule has 0 spiro atoms. The first-order chi connectivity index (χ1) is 9.66. The third kappa shape index (κ3) is 5.93. The predicted octanol–water partition coefficient (Wildman–Crippen LogP) is 3.59. The van der Waals surface area contributed by atoms with Gasteiger partial charge in [-0.2, -0.15) is 0 Å². The zero-order chi connectivity index (χ0) is 14.8. The molecule has 0 aromatic carbocycles. The molecule has 1 aliphatic rings. The smallest absolute Gasteiger partial charge is 0.326 e. The number of hydrogen-bond acceptors (Lipinski definition) is 2. The lowest BCUT2D eigenvalue weighted by Crippen LogP contribution is -2.47. The number of rotatable bonds is 9. The first-order valence-corrected chi connectivity index (χ1v) is 8.19.